The van der Waals surface area contributed by atoms with E-state index in [2.05, 4.69) is 60.8 Å². The quantitative estimate of drug-likeness (QED) is 0.856. The first-order valence-corrected chi connectivity index (χ1v) is 9.02. The summed E-state index contributed by atoms with van der Waals surface area (Å²) >= 11 is 0. The topological polar surface area (TPSA) is 32.3 Å². The van der Waals surface area contributed by atoms with E-state index >= 15 is 0 Å². The number of nitrogens with zero attached hydrogens (tertiary/aromatic N) is 1. The van der Waals surface area contributed by atoms with Gasteiger partial charge in [-0.1, -0.05) is 60.7 Å². The van der Waals surface area contributed by atoms with Crippen molar-refractivity contribution in [1.29, 1.82) is 0 Å². The first kappa shape index (κ1) is 17.5. The van der Waals surface area contributed by atoms with E-state index in [1.807, 2.05) is 37.8 Å². The van der Waals surface area contributed by atoms with Gasteiger partial charge < -0.3 is 10.2 Å². The normalized spacial score (nSPS) is 19.7. The van der Waals surface area contributed by atoms with Crippen molar-refractivity contribution >= 4 is 6.03 Å². The largest absolute Gasteiger partial charge is 0.333 e. The van der Waals surface area contributed by atoms with Gasteiger partial charge in [-0.25, -0.2) is 4.79 Å². The summed E-state index contributed by atoms with van der Waals surface area (Å²) in [7, 11) is 0. The van der Waals surface area contributed by atoms with Crippen molar-refractivity contribution in [3.05, 3.63) is 71.8 Å². The van der Waals surface area contributed by atoms with Crippen LogP contribution >= 0.6 is 0 Å². The highest BCUT2D eigenvalue weighted by Crippen LogP contribution is 2.43. The zero-order chi connectivity index (χ0) is 18.1. The van der Waals surface area contributed by atoms with Crippen LogP contribution in [0.3, 0.4) is 0 Å². The lowest BCUT2D eigenvalue weighted by molar-refractivity contribution is 0.185. The molecule has 1 aliphatic heterocycles. The van der Waals surface area contributed by atoms with Crippen molar-refractivity contribution in [3.8, 4) is 0 Å². The second-order valence-electron chi connectivity index (χ2n) is 8.18. The molecule has 0 bridgehead atoms. The van der Waals surface area contributed by atoms with Gasteiger partial charge in [-0.15, -0.1) is 0 Å². The van der Waals surface area contributed by atoms with Crippen LogP contribution in [0.2, 0.25) is 0 Å². The van der Waals surface area contributed by atoms with E-state index in [9.17, 15) is 4.79 Å². The van der Waals surface area contributed by atoms with Gasteiger partial charge in [0.25, 0.3) is 0 Å². The summed E-state index contributed by atoms with van der Waals surface area (Å²) < 4.78 is 0. The molecule has 1 atom stereocenters. The molecule has 2 aromatic rings. The van der Waals surface area contributed by atoms with Crippen LogP contribution in [0.15, 0.2) is 60.7 Å². The van der Waals surface area contributed by atoms with Gasteiger partial charge in [0.1, 0.15) is 0 Å². The number of hydrogen-bond acceptors (Lipinski definition) is 1. The minimum absolute atomic E-state index is 0.0220. The highest BCUT2D eigenvalue weighted by molar-refractivity contribution is 5.76. The van der Waals surface area contributed by atoms with Gasteiger partial charge in [-0.3, -0.25) is 0 Å². The summed E-state index contributed by atoms with van der Waals surface area (Å²) in [4.78, 5) is 14.8. The van der Waals surface area contributed by atoms with Crippen LogP contribution in [0.25, 0.3) is 0 Å². The fourth-order valence-corrected chi connectivity index (χ4v) is 3.89. The Bertz CT molecular complexity index is 679. The molecule has 1 heterocycles. The second kappa shape index (κ2) is 6.55. The number of amides is 2. The summed E-state index contributed by atoms with van der Waals surface area (Å²) in [6, 6.07) is 21.4. The summed E-state index contributed by atoms with van der Waals surface area (Å²) in [6.45, 7) is 8.91. The van der Waals surface area contributed by atoms with Crippen molar-refractivity contribution in [1.82, 2.24) is 10.2 Å². The average Bonchev–Trinajstić information content (AvgIpc) is 2.94. The van der Waals surface area contributed by atoms with E-state index in [4.69, 9.17) is 0 Å². The lowest BCUT2D eigenvalue weighted by Gasteiger charge is -2.32. The van der Waals surface area contributed by atoms with E-state index < -0.39 is 0 Å². The second-order valence-corrected chi connectivity index (χ2v) is 8.18. The van der Waals surface area contributed by atoms with Gasteiger partial charge in [0.15, 0.2) is 0 Å². The van der Waals surface area contributed by atoms with E-state index in [-0.39, 0.29) is 23.0 Å². The van der Waals surface area contributed by atoms with Crippen molar-refractivity contribution in [2.24, 2.45) is 0 Å². The number of benzene rings is 2. The Balaban J connectivity index is 1.99. The number of carbonyl (C=O) groups is 1. The smallest absolute Gasteiger partial charge is 0.318 e. The van der Waals surface area contributed by atoms with Gasteiger partial charge in [0.05, 0.1) is 0 Å². The molecule has 0 aliphatic carbocycles. The molecule has 0 radical (unpaired) electrons. The molecule has 25 heavy (non-hydrogen) atoms. The third kappa shape index (κ3) is 3.55. The minimum atomic E-state index is -0.235. The van der Waals surface area contributed by atoms with Crippen LogP contribution < -0.4 is 5.32 Å². The number of hydrogen-bond donors (Lipinski definition) is 1. The highest BCUT2D eigenvalue weighted by Gasteiger charge is 2.46. The van der Waals surface area contributed by atoms with Crippen LogP contribution in [0.1, 0.15) is 45.2 Å². The molecule has 2 amide bonds. The van der Waals surface area contributed by atoms with Crippen LogP contribution in [0.4, 0.5) is 4.79 Å². The molecule has 0 saturated carbocycles. The molecule has 1 unspecified atom stereocenters. The van der Waals surface area contributed by atoms with E-state index in [0.29, 0.717) is 6.54 Å². The number of likely N-dealkylation sites (tertiary alicyclic amines) is 1. The molecule has 3 heteroatoms. The molecule has 1 saturated heterocycles. The Hall–Kier alpha value is -2.29. The fourth-order valence-electron chi connectivity index (χ4n) is 3.89. The first-order chi connectivity index (χ1) is 11.8. The van der Waals surface area contributed by atoms with Crippen LogP contribution in [-0.2, 0) is 5.41 Å². The summed E-state index contributed by atoms with van der Waals surface area (Å²) in [5.74, 6) is 0. The number of carbonyl (C=O) groups excluding carboxylic acids is 1. The zero-order valence-electron chi connectivity index (χ0n) is 15.6. The zero-order valence-corrected chi connectivity index (χ0v) is 15.6. The van der Waals surface area contributed by atoms with Crippen molar-refractivity contribution in [3.63, 3.8) is 0 Å². The van der Waals surface area contributed by atoms with Crippen molar-refractivity contribution in [2.75, 3.05) is 6.54 Å². The molecule has 0 aromatic heterocycles. The maximum Gasteiger partial charge on any atom is 0.318 e. The molecule has 3 nitrogen and oxygen atoms in total. The molecule has 0 spiro atoms. The fraction of sp³-hybridized carbons (Fsp3) is 0.409. The monoisotopic (exact) mass is 336 g/mol. The predicted molar refractivity (Wildman–Crippen MR) is 103 cm³/mol. The summed E-state index contributed by atoms with van der Waals surface area (Å²) in [5, 5.41) is 3.12. The molecule has 1 aliphatic rings. The van der Waals surface area contributed by atoms with Gasteiger partial charge in [0.2, 0.25) is 0 Å². The predicted octanol–water partition coefficient (Wildman–Crippen LogP) is 4.58. The molecule has 1 fully saturated rings. The highest BCUT2D eigenvalue weighted by atomic mass is 16.2. The third-order valence-corrected chi connectivity index (χ3v) is 5.01. The van der Waals surface area contributed by atoms with Gasteiger partial charge in [-0.2, -0.15) is 0 Å². The molecular weight excluding hydrogens is 308 g/mol. The van der Waals surface area contributed by atoms with Crippen LogP contribution in [0.5, 0.6) is 0 Å². The number of rotatable bonds is 2. The Kier molecular flexibility index (Phi) is 4.59. The molecule has 2 aromatic carbocycles. The van der Waals surface area contributed by atoms with E-state index in [1.54, 1.807) is 0 Å². The summed E-state index contributed by atoms with van der Waals surface area (Å²) in [5.41, 5.74) is 2.16. The van der Waals surface area contributed by atoms with Crippen LogP contribution in [-0.4, -0.2) is 29.1 Å². The Labute approximate surface area is 151 Å². The van der Waals surface area contributed by atoms with E-state index in [0.717, 1.165) is 6.42 Å². The standard InChI is InChI=1S/C22H28N2O/c1-17-15-22(18-11-7-5-8-12-18,19-13-9-6-10-14-19)16-24(17)20(25)23-21(2,3)4/h5-14,17H,15-16H2,1-4H3,(H,23,25). The number of urea groups is 1. The Morgan fingerprint density at radius 1 is 1.00 bits per heavy atom. The van der Waals surface area contributed by atoms with Gasteiger partial charge >= 0.3 is 6.03 Å². The molecule has 132 valence electrons. The molecule has 1 N–H and O–H groups in total. The average molecular weight is 336 g/mol. The lowest BCUT2D eigenvalue weighted by Crippen LogP contribution is -2.50. The SMILES string of the molecule is CC1CC(c2ccccc2)(c2ccccc2)CN1C(=O)NC(C)(C)C. The maximum absolute atomic E-state index is 12.8. The minimum Gasteiger partial charge on any atom is -0.333 e. The van der Waals surface area contributed by atoms with E-state index in [1.165, 1.54) is 11.1 Å². The molecule has 3 rings (SSSR count). The maximum atomic E-state index is 12.8. The molecular formula is C22H28N2O. The van der Waals surface area contributed by atoms with Gasteiger partial charge in [0, 0.05) is 23.5 Å². The summed E-state index contributed by atoms with van der Waals surface area (Å²) in [6.07, 6.45) is 0.929. The third-order valence-electron chi connectivity index (χ3n) is 5.01. The van der Waals surface area contributed by atoms with Crippen LogP contribution in [0, 0.1) is 0 Å². The van der Waals surface area contributed by atoms with Crippen molar-refractivity contribution < 1.29 is 4.79 Å². The van der Waals surface area contributed by atoms with Crippen molar-refractivity contribution in [2.45, 2.75) is 51.1 Å². The lowest BCUT2D eigenvalue weighted by atomic mass is 9.73. The number of nitrogens with one attached hydrogen (secondary N) is 1. The Morgan fingerprint density at radius 2 is 1.48 bits per heavy atom. The first-order valence-electron chi connectivity index (χ1n) is 9.02. The van der Waals surface area contributed by atoms with Gasteiger partial charge in [-0.05, 0) is 45.2 Å². The Morgan fingerprint density at radius 3 is 1.92 bits per heavy atom.